The van der Waals surface area contributed by atoms with Crippen molar-refractivity contribution in [1.82, 2.24) is 4.90 Å². The Morgan fingerprint density at radius 1 is 1.35 bits per heavy atom. The molecule has 0 aliphatic carbocycles. The molecule has 1 aromatic carbocycles. The van der Waals surface area contributed by atoms with E-state index in [-0.39, 0.29) is 0 Å². The molecule has 9 heteroatoms. The molecule has 0 bridgehead atoms. The predicted octanol–water partition coefficient (Wildman–Crippen LogP) is 2.88. The number of hydrogen-bond acceptors (Lipinski definition) is 5. The molecule has 2 aromatic rings. The number of hydrogen-bond donors (Lipinski definition) is 2. The molecule has 3 amide bonds. The summed E-state index contributed by atoms with van der Waals surface area (Å²) in [5, 5.41) is 3.55. The number of anilines is 1. The first-order valence-corrected chi connectivity index (χ1v) is 8.94. The van der Waals surface area contributed by atoms with Crippen molar-refractivity contribution >= 4 is 45.8 Å². The van der Waals surface area contributed by atoms with Crippen LogP contribution < -0.4 is 11.1 Å². The molecule has 1 aromatic heterocycles. The van der Waals surface area contributed by atoms with E-state index in [0.29, 0.717) is 40.7 Å². The largest absolute Gasteiger partial charge is 0.453 e. The Hall–Kier alpha value is -2.58. The van der Waals surface area contributed by atoms with Gasteiger partial charge in [0.25, 0.3) is 11.8 Å². The van der Waals surface area contributed by atoms with E-state index in [9.17, 15) is 14.4 Å². The van der Waals surface area contributed by atoms with Gasteiger partial charge in [0, 0.05) is 22.0 Å². The number of nitrogens with one attached hydrogen (secondary N) is 1. The van der Waals surface area contributed by atoms with Gasteiger partial charge in [-0.1, -0.05) is 17.7 Å². The predicted molar refractivity (Wildman–Crippen MR) is 98.8 cm³/mol. The highest BCUT2D eigenvalue weighted by molar-refractivity contribution is 7.17. The third kappa shape index (κ3) is 3.51. The van der Waals surface area contributed by atoms with Gasteiger partial charge >= 0.3 is 6.09 Å². The van der Waals surface area contributed by atoms with Crippen LogP contribution in [0.4, 0.5) is 9.80 Å². The van der Waals surface area contributed by atoms with Crippen LogP contribution in [-0.2, 0) is 17.7 Å². The highest BCUT2D eigenvalue weighted by Gasteiger charge is 2.29. The molecule has 3 rings (SSSR count). The van der Waals surface area contributed by atoms with Crippen molar-refractivity contribution in [2.45, 2.75) is 13.0 Å². The van der Waals surface area contributed by atoms with Crippen molar-refractivity contribution in [2.24, 2.45) is 5.73 Å². The van der Waals surface area contributed by atoms with Crippen molar-refractivity contribution in [3.8, 4) is 0 Å². The average Bonchev–Trinajstić information content (AvgIpc) is 2.97. The standard InChI is InChI=1S/C17H16ClN3O4S/c1-25-17(24)21-6-5-11-12(8-21)26-16(13(11)14(19)22)20-15(23)9-3-2-4-10(18)7-9/h2-4,7H,5-6,8H2,1H3,(H2,19,22)(H,20,23). The smallest absolute Gasteiger partial charge is 0.409 e. The lowest BCUT2D eigenvalue weighted by Crippen LogP contribution is -2.35. The number of fused-ring (bicyclic) bond motifs is 1. The van der Waals surface area contributed by atoms with E-state index in [1.807, 2.05) is 0 Å². The van der Waals surface area contributed by atoms with Gasteiger partial charge in [0.1, 0.15) is 5.00 Å². The van der Waals surface area contributed by atoms with E-state index < -0.39 is 17.9 Å². The van der Waals surface area contributed by atoms with Crippen LogP contribution in [0.25, 0.3) is 0 Å². The summed E-state index contributed by atoms with van der Waals surface area (Å²) < 4.78 is 4.74. The minimum absolute atomic E-state index is 0.296. The fourth-order valence-electron chi connectivity index (χ4n) is 2.84. The maximum Gasteiger partial charge on any atom is 0.409 e. The number of carbonyl (C=O) groups is 3. The van der Waals surface area contributed by atoms with E-state index >= 15 is 0 Å². The van der Waals surface area contributed by atoms with Crippen molar-refractivity contribution in [1.29, 1.82) is 0 Å². The molecule has 7 nitrogen and oxygen atoms in total. The Labute approximate surface area is 158 Å². The summed E-state index contributed by atoms with van der Waals surface area (Å²) in [6.07, 6.45) is 0.0286. The molecule has 2 heterocycles. The number of nitrogens with two attached hydrogens (primary N) is 1. The van der Waals surface area contributed by atoms with Gasteiger partial charge in [-0.3, -0.25) is 9.59 Å². The maximum atomic E-state index is 12.5. The monoisotopic (exact) mass is 393 g/mol. The second kappa shape index (κ2) is 7.35. The first-order chi connectivity index (χ1) is 12.4. The number of halogens is 1. The van der Waals surface area contributed by atoms with Crippen molar-refractivity contribution < 1.29 is 19.1 Å². The van der Waals surface area contributed by atoms with Crippen molar-refractivity contribution in [3.05, 3.63) is 50.9 Å². The number of rotatable bonds is 3. The quantitative estimate of drug-likeness (QED) is 0.836. The summed E-state index contributed by atoms with van der Waals surface area (Å²) in [6, 6.07) is 6.49. The van der Waals surface area contributed by atoms with Gasteiger partial charge in [-0.05, 0) is 30.2 Å². The maximum absolute atomic E-state index is 12.5. The van der Waals surface area contributed by atoms with E-state index in [2.05, 4.69) is 5.32 Å². The molecule has 1 aliphatic heterocycles. The van der Waals surface area contributed by atoms with Crippen LogP contribution in [0.1, 0.15) is 31.2 Å². The topological polar surface area (TPSA) is 102 Å². The van der Waals surface area contributed by atoms with Gasteiger partial charge in [0.15, 0.2) is 0 Å². The molecule has 0 unspecified atom stereocenters. The molecule has 0 radical (unpaired) electrons. The number of primary amides is 1. The Bertz CT molecular complexity index is 896. The SMILES string of the molecule is COC(=O)N1CCc2c(sc(NC(=O)c3cccc(Cl)c3)c2C(N)=O)C1. The molecular formula is C17H16ClN3O4S. The van der Waals surface area contributed by atoms with Crippen LogP contribution >= 0.6 is 22.9 Å². The number of nitrogens with zero attached hydrogens (tertiary/aromatic N) is 1. The van der Waals surface area contributed by atoms with E-state index in [4.69, 9.17) is 22.1 Å². The van der Waals surface area contributed by atoms with Crippen LogP contribution in [0.2, 0.25) is 5.02 Å². The van der Waals surface area contributed by atoms with Gasteiger partial charge in [-0.2, -0.15) is 0 Å². The molecule has 0 spiro atoms. The van der Waals surface area contributed by atoms with E-state index in [0.717, 1.165) is 10.4 Å². The zero-order valence-electron chi connectivity index (χ0n) is 13.9. The second-order valence-electron chi connectivity index (χ2n) is 5.68. The number of ether oxygens (including phenoxy) is 1. The fraction of sp³-hybridized carbons (Fsp3) is 0.235. The van der Waals surface area contributed by atoms with Gasteiger partial charge in [-0.15, -0.1) is 11.3 Å². The second-order valence-corrected chi connectivity index (χ2v) is 7.22. The summed E-state index contributed by atoms with van der Waals surface area (Å²) in [4.78, 5) is 38.5. The number of methoxy groups -OCH3 is 1. The average molecular weight is 394 g/mol. The Kier molecular flexibility index (Phi) is 5.15. The Morgan fingerprint density at radius 3 is 2.77 bits per heavy atom. The lowest BCUT2D eigenvalue weighted by Gasteiger charge is -2.25. The number of thiophene rings is 1. The lowest BCUT2D eigenvalue weighted by atomic mass is 10.0. The lowest BCUT2D eigenvalue weighted by molar-refractivity contribution is 0.0999. The zero-order valence-corrected chi connectivity index (χ0v) is 15.4. The van der Waals surface area contributed by atoms with Crippen LogP contribution in [0.3, 0.4) is 0 Å². The number of carbonyl (C=O) groups excluding carboxylic acids is 3. The summed E-state index contributed by atoms with van der Waals surface area (Å²) in [7, 11) is 1.32. The first kappa shape index (κ1) is 18.2. The normalized spacial score (nSPS) is 13.1. The van der Waals surface area contributed by atoms with Gasteiger partial charge < -0.3 is 20.7 Å². The highest BCUT2D eigenvalue weighted by Crippen LogP contribution is 2.37. The third-order valence-corrected chi connectivity index (χ3v) is 5.42. The first-order valence-electron chi connectivity index (χ1n) is 7.75. The Morgan fingerprint density at radius 2 is 2.12 bits per heavy atom. The van der Waals surface area contributed by atoms with Crippen molar-refractivity contribution in [2.75, 3.05) is 19.0 Å². The van der Waals surface area contributed by atoms with Crippen LogP contribution in [0.5, 0.6) is 0 Å². The molecule has 3 N–H and O–H groups in total. The minimum atomic E-state index is -0.615. The molecule has 1 aliphatic rings. The Balaban J connectivity index is 1.91. The van der Waals surface area contributed by atoms with Gasteiger partial charge in [-0.25, -0.2) is 4.79 Å². The molecule has 0 atom stereocenters. The van der Waals surface area contributed by atoms with Crippen LogP contribution in [0, 0.1) is 0 Å². The highest BCUT2D eigenvalue weighted by atomic mass is 35.5. The molecule has 0 fully saturated rings. The molecule has 136 valence electrons. The summed E-state index contributed by atoms with van der Waals surface area (Å²) in [6.45, 7) is 0.721. The molecular weight excluding hydrogens is 378 g/mol. The zero-order chi connectivity index (χ0) is 18.8. The summed E-state index contributed by atoms with van der Waals surface area (Å²) in [5.41, 5.74) is 6.97. The minimum Gasteiger partial charge on any atom is -0.453 e. The molecule has 0 saturated carbocycles. The van der Waals surface area contributed by atoms with Crippen LogP contribution in [-0.4, -0.2) is 36.5 Å². The van der Waals surface area contributed by atoms with E-state index in [1.165, 1.54) is 29.4 Å². The third-order valence-electron chi connectivity index (χ3n) is 4.05. The molecule has 0 saturated heterocycles. The fourth-order valence-corrected chi connectivity index (χ4v) is 4.30. The van der Waals surface area contributed by atoms with Crippen LogP contribution in [0.15, 0.2) is 24.3 Å². The summed E-state index contributed by atoms with van der Waals surface area (Å²) >= 11 is 7.15. The van der Waals surface area contributed by atoms with E-state index in [1.54, 1.807) is 18.2 Å². The number of amides is 3. The number of benzene rings is 1. The van der Waals surface area contributed by atoms with Gasteiger partial charge in [0.2, 0.25) is 0 Å². The van der Waals surface area contributed by atoms with Gasteiger partial charge in [0.05, 0.1) is 19.2 Å². The summed E-state index contributed by atoms with van der Waals surface area (Å²) in [5.74, 6) is -1.01. The molecule has 26 heavy (non-hydrogen) atoms. The van der Waals surface area contributed by atoms with Crippen molar-refractivity contribution in [3.63, 3.8) is 0 Å².